The number of fused-ring (bicyclic) bond motifs is 1. The maximum Gasteiger partial charge on any atom is -0.00143 e. The summed E-state index contributed by atoms with van der Waals surface area (Å²) in [6.45, 7) is 2.29. The van der Waals surface area contributed by atoms with E-state index < -0.39 is 0 Å². The zero-order chi connectivity index (χ0) is 9.10. The highest BCUT2D eigenvalue weighted by atomic mass is 14.3. The van der Waals surface area contributed by atoms with Gasteiger partial charge in [-0.15, -0.1) is 0 Å². The highest BCUT2D eigenvalue weighted by Crippen LogP contribution is 2.40. The summed E-state index contributed by atoms with van der Waals surface area (Å²) in [5, 5.41) is 0. The van der Waals surface area contributed by atoms with Crippen molar-refractivity contribution in [2.24, 2.45) is 11.8 Å². The molecule has 2 unspecified atom stereocenters. The zero-order valence-corrected chi connectivity index (χ0v) is 8.63. The molecule has 1 fully saturated rings. The van der Waals surface area contributed by atoms with E-state index in [1.54, 1.807) is 5.57 Å². The number of unbranched alkanes of at least 4 members (excludes halogenated alkanes) is 1. The van der Waals surface area contributed by atoms with Gasteiger partial charge in [0.2, 0.25) is 0 Å². The molecule has 72 valence electrons. The largest absolute Gasteiger partial charge is 0.0773 e. The van der Waals surface area contributed by atoms with Crippen LogP contribution in [0.2, 0.25) is 0 Å². The molecule has 0 bridgehead atoms. The van der Waals surface area contributed by atoms with E-state index in [1.807, 2.05) is 0 Å². The summed E-state index contributed by atoms with van der Waals surface area (Å²) in [5.74, 6) is 1.75. The zero-order valence-electron chi connectivity index (χ0n) is 8.63. The second-order valence-corrected chi connectivity index (χ2v) is 4.43. The van der Waals surface area contributed by atoms with E-state index in [0.29, 0.717) is 0 Å². The van der Waals surface area contributed by atoms with Crippen LogP contribution in [-0.2, 0) is 0 Å². The van der Waals surface area contributed by atoms with Crippen LogP contribution in [0, 0.1) is 11.8 Å². The van der Waals surface area contributed by atoms with Crippen LogP contribution >= 0.6 is 0 Å². The maximum atomic E-state index is 2.40. The topological polar surface area (TPSA) is 0 Å². The van der Waals surface area contributed by atoms with Crippen molar-refractivity contribution in [3.8, 4) is 0 Å². The van der Waals surface area contributed by atoms with Gasteiger partial charge in [-0.3, -0.25) is 0 Å². The molecular formula is C13H20. The third-order valence-electron chi connectivity index (χ3n) is 3.51. The van der Waals surface area contributed by atoms with Gasteiger partial charge in [-0.25, -0.2) is 0 Å². The Morgan fingerprint density at radius 1 is 1.38 bits per heavy atom. The Morgan fingerprint density at radius 2 is 2.31 bits per heavy atom. The molecule has 0 aromatic carbocycles. The molecule has 0 amide bonds. The first kappa shape index (κ1) is 9.05. The molecule has 0 spiro atoms. The molecule has 2 aliphatic carbocycles. The summed E-state index contributed by atoms with van der Waals surface area (Å²) in [7, 11) is 0. The maximum absolute atomic E-state index is 2.40. The Kier molecular flexibility index (Phi) is 2.87. The fraction of sp³-hybridized carbons (Fsp3) is 0.692. The lowest BCUT2D eigenvalue weighted by Crippen LogP contribution is -2.16. The molecule has 2 rings (SSSR count). The molecule has 0 nitrogen and oxygen atoms in total. The van der Waals surface area contributed by atoms with Gasteiger partial charge in [0.1, 0.15) is 0 Å². The van der Waals surface area contributed by atoms with Crippen molar-refractivity contribution in [1.29, 1.82) is 0 Å². The van der Waals surface area contributed by atoms with Crippen LogP contribution in [0.1, 0.15) is 45.4 Å². The van der Waals surface area contributed by atoms with E-state index in [9.17, 15) is 0 Å². The second kappa shape index (κ2) is 4.13. The van der Waals surface area contributed by atoms with Crippen molar-refractivity contribution in [3.05, 3.63) is 23.8 Å². The number of rotatable bonds is 3. The first-order valence-electron chi connectivity index (χ1n) is 5.80. The van der Waals surface area contributed by atoms with Gasteiger partial charge >= 0.3 is 0 Å². The predicted octanol–water partition coefficient (Wildman–Crippen LogP) is 4.09. The summed E-state index contributed by atoms with van der Waals surface area (Å²) < 4.78 is 0. The van der Waals surface area contributed by atoms with Crippen molar-refractivity contribution < 1.29 is 0 Å². The Morgan fingerprint density at radius 3 is 3.15 bits per heavy atom. The third kappa shape index (κ3) is 1.87. The highest BCUT2D eigenvalue weighted by molar-refractivity contribution is 5.30. The van der Waals surface area contributed by atoms with E-state index in [-0.39, 0.29) is 0 Å². The lowest BCUT2D eigenvalue weighted by Gasteiger charge is -2.29. The Labute approximate surface area is 81.7 Å². The SMILES string of the molecule is CCCCC1CCCC2C=CC=C21. The van der Waals surface area contributed by atoms with Crippen LogP contribution in [0.25, 0.3) is 0 Å². The second-order valence-electron chi connectivity index (χ2n) is 4.43. The molecule has 13 heavy (non-hydrogen) atoms. The first-order valence-corrected chi connectivity index (χ1v) is 5.80. The van der Waals surface area contributed by atoms with Crippen molar-refractivity contribution in [2.75, 3.05) is 0 Å². The summed E-state index contributed by atoms with van der Waals surface area (Å²) in [6.07, 6.45) is 15.5. The molecule has 0 saturated heterocycles. The molecule has 0 aliphatic heterocycles. The van der Waals surface area contributed by atoms with Gasteiger partial charge in [0, 0.05) is 0 Å². The van der Waals surface area contributed by atoms with Crippen molar-refractivity contribution in [3.63, 3.8) is 0 Å². The van der Waals surface area contributed by atoms with Gasteiger partial charge in [-0.1, -0.05) is 50.0 Å². The predicted molar refractivity (Wildman–Crippen MR) is 57.6 cm³/mol. The smallest absolute Gasteiger partial charge is 0.00143 e. The van der Waals surface area contributed by atoms with Gasteiger partial charge < -0.3 is 0 Å². The van der Waals surface area contributed by atoms with Gasteiger partial charge in [0.05, 0.1) is 0 Å². The van der Waals surface area contributed by atoms with Gasteiger partial charge in [-0.05, 0) is 31.1 Å². The average Bonchev–Trinajstić information content (AvgIpc) is 2.62. The van der Waals surface area contributed by atoms with E-state index in [1.165, 1.54) is 38.5 Å². The number of allylic oxidation sites excluding steroid dienone is 4. The van der Waals surface area contributed by atoms with Crippen molar-refractivity contribution in [1.82, 2.24) is 0 Å². The Balaban J connectivity index is 1.95. The van der Waals surface area contributed by atoms with Gasteiger partial charge in [0.15, 0.2) is 0 Å². The van der Waals surface area contributed by atoms with Crippen molar-refractivity contribution >= 4 is 0 Å². The number of hydrogen-bond donors (Lipinski definition) is 0. The minimum atomic E-state index is 0.829. The lowest BCUT2D eigenvalue weighted by molar-refractivity contribution is 0.382. The van der Waals surface area contributed by atoms with E-state index in [2.05, 4.69) is 25.2 Å². The van der Waals surface area contributed by atoms with Crippen LogP contribution in [0.4, 0.5) is 0 Å². The molecular weight excluding hydrogens is 156 g/mol. The normalized spacial score (nSPS) is 31.6. The Bertz CT molecular complexity index is 222. The summed E-state index contributed by atoms with van der Waals surface area (Å²) in [5.41, 5.74) is 1.75. The minimum absolute atomic E-state index is 0.829. The molecule has 1 saturated carbocycles. The van der Waals surface area contributed by atoms with Crippen LogP contribution in [0.3, 0.4) is 0 Å². The molecule has 0 heterocycles. The first-order chi connectivity index (χ1) is 6.42. The third-order valence-corrected chi connectivity index (χ3v) is 3.51. The molecule has 0 aromatic heterocycles. The van der Waals surface area contributed by atoms with Gasteiger partial charge in [-0.2, -0.15) is 0 Å². The number of hydrogen-bond acceptors (Lipinski definition) is 0. The fourth-order valence-corrected chi connectivity index (χ4v) is 2.75. The minimum Gasteiger partial charge on any atom is -0.0773 e. The average molecular weight is 176 g/mol. The molecule has 2 atom stereocenters. The standard InChI is InChI=1S/C13H20/c1-2-3-6-11-7-4-8-12-9-5-10-13(11)12/h5,9-12H,2-4,6-8H2,1H3. The van der Waals surface area contributed by atoms with Crippen molar-refractivity contribution in [2.45, 2.75) is 45.4 Å². The fourth-order valence-electron chi connectivity index (χ4n) is 2.75. The summed E-state index contributed by atoms with van der Waals surface area (Å²) in [4.78, 5) is 0. The van der Waals surface area contributed by atoms with Crippen LogP contribution in [0.5, 0.6) is 0 Å². The van der Waals surface area contributed by atoms with Crippen LogP contribution in [0.15, 0.2) is 23.8 Å². The Hall–Kier alpha value is -0.520. The van der Waals surface area contributed by atoms with E-state index >= 15 is 0 Å². The lowest BCUT2D eigenvalue weighted by atomic mass is 9.76. The van der Waals surface area contributed by atoms with E-state index in [0.717, 1.165) is 11.8 Å². The molecule has 0 N–H and O–H groups in total. The summed E-state index contributed by atoms with van der Waals surface area (Å²) in [6, 6.07) is 0. The van der Waals surface area contributed by atoms with Gasteiger partial charge in [0.25, 0.3) is 0 Å². The monoisotopic (exact) mass is 176 g/mol. The molecule has 2 aliphatic rings. The molecule has 0 heteroatoms. The molecule has 0 radical (unpaired) electrons. The summed E-state index contributed by atoms with van der Waals surface area (Å²) >= 11 is 0. The molecule has 0 aromatic rings. The highest BCUT2D eigenvalue weighted by Gasteiger charge is 2.26. The van der Waals surface area contributed by atoms with Crippen LogP contribution in [-0.4, -0.2) is 0 Å². The van der Waals surface area contributed by atoms with Crippen LogP contribution < -0.4 is 0 Å². The van der Waals surface area contributed by atoms with E-state index in [4.69, 9.17) is 0 Å². The quantitative estimate of drug-likeness (QED) is 0.607.